The highest BCUT2D eigenvalue weighted by Gasteiger charge is 2.32. The second-order valence-corrected chi connectivity index (χ2v) is 7.81. The van der Waals surface area contributed by atoms with Crippen LogP contribution in [0.3, 0.4) is 0 Å². The smallest absolute Gasteiger partial charge is 0.0378 e. The lowest BCUT2D eigenvalue weighted by atomic mass is 9.90. The maximum Gasteiger partial charge on any atom is 0.0378 e. The fourth-order valence-corrected chi connectivity index (χ4v) is 5.09. The van der Waals surface area contributed by atoms with Crippen LogP contribution in [-0.2, 0) is 0 Å². The zero-order chi connectivity index (χ0) is 13.9. The number of hydrogen-bond donors (Lipinski definition) is 1. The van der Waals surface area contributed by atoms with Gasteiger partial charge in [0.15, 0.2) is 0 Å². The highest BCUT2D eigenvalue weighted by molar-refractivity contribution is 9.11. The summed E-state index contributed by atoms with van der Waals surface area (Å²) in [4.78, 5) is 2.70. The van der Waals surface area contributed by atoms with Gasteiger partial charge in [0.2, 0.25) is 0 Å². The van der Waals surface area contributed by atoms with Crippen molar-refractivity contribution in [2.24, 2.45) is 5.92 Å². The Kier molecular flexibility index (Phi) is 5.18. The molecule has 2 fully saturated rings. The Labute approximate surface area is 138 Å². The number of halogens is 2. The van der Waals surface area contributed by atoms with Gasteiger partial charge in [-0.05, 0) is 42.5 Å². The van der Waals surface area contributed by atoms with E-state index in [2.05, 4.69) is 60.3 Å². The molecule has 0 spiro atoms. The summed E-state index contributed by atoms with van der Waals surface area (Å²) in [6.45, 7) is 4.59. The molecule has 110 valence electrons. The van der Waals surface area contributed by atoms with Gasteiger partial charge in [0.1, 0.15) is 0 Å². The summed E-state index contributed by atoms with van der Waals surface area (Å²) in [5, 5.41) is 3.47. The highest BCUT2D eigenvalue weighted by Crippen LogP contribution is 2.41. The molecule has 1 aromatic carbocycles. The van der Waals surface area contributed by atoms with Crippen molar-refractivity contribution in [3.05, 3.63) is 32.7 Å². The van der Waals surface area contributed by atoms with Crippen LogP contribution in [0.1, 0.15) is 37.3 Å². The first-order chi connectivity index (χ1) is 9.74. The Morgan fingerprint density at radius 3 is 2.20 bits per heavy atom. The number of rotatable bonds is 3. The standard InChI is InChI=1S/C16H22Br2N2/c17-14-9-13(10-15(18)11-14)16(12-3-1-2-4-12)20-7-5-19-6-8-20/h9-12,16,19H,1-8H2/t16-/m1/s1. The van der Waals surface area contributed by atoms with Crippen LogP contribution in [0.4, 0.5) is 0 Å². The van der Waals surface area contributed by atoms with Gasteiger partial charge in [0.05, 0.1) is 0 Å². The first-order valence-corrected chi connectivity index (χ1v) is 9.23. The third-order valence-corrected chi connectivity index (χ3v) is 5.53. The zero-order valence-electron chi connectivity index (χ0n) is 11.7. The van der Waals surface area contributed by atoms with Gasteiger partial charge in [-0.2, -0.15) is 0 Å². The normalized spacial score (nSPS) is 23.1. The molecule has 0 unspecified atom stereocenters. The molecule has 1 saturated heterocycles. The number of hydrogen-bond acceptors (Lipinski definition) is 2. The number of piperazine rings is 1. The molecule has 0 aromatic heterocycles. The van der Waals surface area contributed by atoms with Crippen LogP contribution >= 0.6 is 31.9 Å². The van der Waals surface area contributed by atoms with E-state index in [0.29, 0.717) is 6.04 Å². The molecule has 3 rings (SSSR count). The Bertz CT molecular complexity index is 432. The van der Waals surface area contributed by atoms with E-state index >= 15 is 0 Å². The summed E-state index contributed by atoms with van der Waals surface area (Å²) in [6.07, 6.45) is 5.59. The van der Waals surface area contributed by atoms with Crippen molar-refractivity contribution in [3.63, 3.8) is 0 Å². The van der Waals surface area contributed by atoms with E-state index in [9.17, 15) is 0 Å². The lowest BCUT2D eigenvalue weighted by molar-refractivity contribution is 0.125. The van der Waals surface area contributed by atoms with E-state index in [1.807, 2.05) is 0 Å². The molecule has 1 aliphatic heterocycles. The summed E-state index contributed by atoms with van der Waals surface area (Å²) in [5.41, 5.74) is 1.47. The Hall–Kier alpha value is 0.1000. The largest absolute Gasteiger partial charge is 0.314 e. The summed E-state index contributed by atoms with van der Waals surface area (Å²) in [7, 11) is 0. The Balaban J connectivity index is 1.90. The van der Waals surface area contributed by atoms with Gasteiger partial charge < -0.3 is 5.32 Å². The van der Waals surface area contributed by atoms with Gasteiger partial charge in [-0.3, -0.25) is 4.90 Å². The van der Waals surface area contributed by atoms with E-state index < -0.39 is 0 Å². The molecule has 0 radical (unpaired) electrons. The minimum Gasteiger partial charge on any atom is -0.314 e. The van der Waals surface area contributed by atoms with Crippen molar-refractivity contribution >= 4 is 31.9 Å². The van der Waals surface area contributed by atoms with Crippen LogP contribution in [0.5, 0.6) is 0 Å². The average Bonchev–Trinajstić information content (AvgIpc) is 2.93. The van der Waals surface area contributed by atoms with Crippen molar-refractivity contribution in [2.75, 3.05) is 26.2 Å². The van der Waals surface area contributed by atoms with Gasteiger partial charge in [-0.1, -0.05) is 44.7 Å². The minimum atomic E-state index is 0.591. The van der Waals surface area contributed by atoms with Crippen molar-refractivity contribution in [1.29, 1.82) is 0 Å². The third kappa shape index (κ3) is 3.46. The van der Waals surface area contributed by atoms with Crippen LogP contribution in [0.25, 0.3) is 0 Å². The number of nitrogens with one attached hydrogen (secondary N) is 1. The molecule has 1 N–H and O–H groups in total. The fourth-order valence-electron chi connectivity index (χ4n) is 3.76. The predicted octanol–water partition coefficient (Wildman–Crippen LogP) is 4.35. The second kappa shape index (κ2) is 6.91. The molecule has 1 atom stereocenters. The number of benzene rings is 1. The topological polar surface area (TPSA) is 15.3 Å². The van der Waals surface area contributed by atoms with Gasteiger partial charge in [-0.25, -0.2) is 0 Å². The number of nitrogens with zero attached hydrogens (tertiary/aromatic N) is 1. The van der Waals surface area contributed by atoms with Crippen LogP contribution in [-0.4, -0.2) is 31.1 Å². The Morgan fingerprint density at radius 2 is 1.60 bits per heavy atom. The molecule has 0 bridgehead atoms. The molecule has 4 heteroatoms. The molecule has 1 saturated carbocycles. The molecule has 1 aromatic rings. The van der Waals surface area contributed by atoms with Crippen LogP contribution in [0.15, 0.2) is 27.1 Å². The van der Waals surface area contributed by atoms with E-state index in [0.717, 1.165) is 19.0 Å². The average molecular weight is 402 g/mol. The van der Waals surface area contributed by atoms with Gasteiger partial charge in [0.25, 0.3) is 0 Å². The lowest BCUT2D eigenvalue weighted by Crippen LogP contribution is -2.46. The summed E-state index contributed by atoms with van der Waals surface area (Å²) < 4.78 is 2.36. The quantitative estimate of drug-likeness (QED) is 0.809. The molecular formula is C16H22Br2N2. The van der Waals surface area contributed by atoms with Crippen molar-refractivity contribution < 1.29 is 0 Å². The lowest BCUT2D eigenvalue weighted by Gasteiger charge is -2.38. The first-order valence-electron chi connectivity index (χ1n) is 7.65. The van der Waals surface area contributed by atoms with Crippen LogP contribution in [0.2, 0.25) is 0 Å². The first kappa shape index (κ1) is 15.0. The molecule has 20 heavy (non-hydrogen) atoms. The maximum atomic E-state index is 3.65. The predicted molar refractivity (Wildman–Crippen MR) is 91.0 cm³/mol. The highest BCUT2D eigenvalue weighted by atomic mass is 79.9. The maximum absolute atomic E-state index is 3.65. The van der Waals surface area contributed by atoms with Gasteiger partial charge in [-0.15, -0.1) is 0 Å². The Morgan fingerprint density at radius 1 is 1.00 bits per heavy atom. The second-order valence-electron chi connectivity index (χ2n) is 5.98. The van der Waals surface area contributed by atoms with Gasteiger partial charge >= 0.3 is 0 Å². The third-order valence-electron chi connectivity index (χ3n) is 4.62. The molecule has 1 heterocycles. The van der Waals surface area contributed by atoms with E-state index in [1.54, 1.807) is 0 Å². The molecule has 1 aliphatic carbocycles. The molecular weight excluding hydrogens is 380 g/mol. The van der Waals surface area contributed by atoms with E-state index in [4.69, 9.17) is 0 Å². The minimum absolute atomic E-state index is 0.591. The summed E-state index contributed by atoms with van der Waals surface area (Å²) in [6, 6.07) is 7.35. The van der Waals surface area contributed by atoms with Crippen LogP contribution < -0.4 is 5.32 Å². The molecule has 2 nitrogen and oxygen atoms in total. The van der Waals surface area contributed by atoms with Crippen LogP contribution in [0, 0.1) is 5.92 Å². The van der Waals surface area contributed by atoms with Gasteiger partial charge in [0, 0.05) is 41.2 Å². The van der Waals surface area contributed by atoms with Crippen molar-refractivity contribution in [3.8, 4) is 0 Å². The van der Waals surface area contributed by atoms with Crippen molar-refractivity contribution in [2.45, 2.75) is 31.7 Å². The fraction of sp³-hybridized carbons (Fsp3) is 0.625. The summed E-state index contributed by atoms with van der Waals surface area (Å²) >= 11 is 7.31. The monoisotopic (exact) mass is 400 g/mol. The van der Waals surface area contributed by atoms with E-state index in [1.165, 1.54) is 53.3 Å². The van der Waals surface area contributed by atoms with E-state index in [-0.39, 0.29) is 0 Å². The summed E-state index contributed by atoms with van der Waals surface area (Å²) in [5.74, 6) is 0.828. The molecule has 0 amide bonds. The SMILES string of the molecule is Brc1cc(Br)cc([C@@H](C2CCCC2)N2CCNCC2)c1. The van der Waals surface area contributed by atoms with Crippen molar-refractivity contribution in [1.82, 2.24) is 10.2 Å². The zero-order valence-corrected chi connectivity index (χ0v) is 14.9. The molecule has 2 aliphatic rings.